The molecule has 3 heteroatoms. The SMILES string of the molecule is CC[C@H](OC)c1cc(F)ccc1OC. The summed E-state index contributed by atoms with van der Waals surface area (Å²) in [4.78, 5) is 0. The van der Waals surface area contributed by atoms with E-state index in [9.17, 15) is 4.39 Å². The molecular weight excluding hydrogens is 183 g/mol. The van der Waals surface area contributed by atoms with E-state index in [1.165, 1.54) is 12.1 Å². The van der Waals surface area contributed by atoms with Crippen LogP contribution >= 0.6 is 0 Å². The predicted octanol–water partition coefficient (Wildman–Crippen LogP) is 2.93. The number of methoxy groups -OCH3 is 2. The molecule has 0 bridgehead atoms. The van der Waals surface area contributed by atoms with Crippen molar-refractivity contribution in [3.05, 3.63) is 29.6 Å². The normalized spacial score (nSPS) is 12.6. The number of rotatable bonds is 4. The minimum atomic E-state index is -0.267. The van der Waals surface area contributed by atoms with Crippen molar-refractivity contribution in [3.63, 3.8) is 0 Å². The molecular formula is C11H15FO2. The summed E-state index contributed by atoms with van der Waals surface area (Å²) in [6.45, 7) is 1.98. The molecule has 14 heavy (non-hydrogen) atoms. The molecule has 1 rings (SSSR count). The van der Waals surface area contributed by atoms with Crippen molar-refractivity contribution in [2.24, 2.45) is 0 Å². The molecule has 0 aliphatic carbocycles. The van der Waals surface area contributed by atoms with Crippen LogP contribution in [0.4, 0.5) is 4.39 Å². The van der Waals surface area contributed by atoms with E-state index < -0.39 is 0 Å². The molecule has 2 nitrogen and oxygen atoms in total. The van der Waals surface area contributed by atoms with Gasteiger partial charge in [-0.25, -0.2) is 4.39 Å². The van der Waals surface area contributed by atoms with E-state index in [1.54, 1.807) is 20.3 Å². The van der Waals surface area contributed by atoms with Gasteiger partial charge in [-0.3, -0.25) is 0 Å². The van der Waals surface area contributed by atoms with Gasteiger partial charge in [0.15, 0.2) is 0 Å². The van der Waals surface area contributed by atoms with Gasteiger partial charge in [-0.05, 0) is 24.6 Å². The molecule has 0 aliphatic rings. The third-order valence-corrected chi connectivity index (χ3v) is 2.19. The maximum absolute atomic E-state index is 13.0. The minimum Gasteiger partial charge on any atom is -0.496 e. The highest BCUT2D eigenvalue weighted by molar-refractivity contribution is 5.35. The molecule has 0 heterocycles. The summed E-state index contributed by atoms with van der Waals surface area (Å²) in [5.74, 6) is 0.399. The van der Waals surface area contributed by atoms with Crippen LogP contribution in [0.15, 0.2) is 18.2 Å². The maximum Gasteiger partial charge on any atom is 0.124 e. The summed E-state index contributed by atoms with van der Waals surface area (Å²) >= 11 is 0. The summed E-state index contributed by atoms with van der Waals surface area (Å²) in [6.07, 6.45) is 0.677. The standard InChI is InChI=1S/C11H15FO2/c1-4-10(13-2)9-7-8(12)5-6-11(9)14-3/h5-7,10H,4H2,1-3H3/t10-/m0/s1. The van der Waals surface area contributed by atoms with Crippen molar-refractivity contribution in [2.75, 3.05) is 14.2 Å². The molecule has 0 radical (unpaired) electrons. The van der Waals surface area contributed by atoms with E-state index in [2.05, 4.69) is 0 Å². The molecule has 0 amide bonds. The third kappa shape index (κ3) is 2.23. The lowest BCUT2D eigenvalue weighted by molar-refractivity contribution is 0.0973. The lowest BCUT2D eigenvalue weighted by atomic mass is 10.1. The van der Waals surface area contributed by atoms with E-state index in [4.69, 9.17) is 9.47 Å². The van der Waals surface area contributed by atoms with Crippen molar-refractivity contribution in [3.8, 4) is 5.75 Å². The first kappa shape index (κ1) is 11.0. The second-order valence-corrected chi connectivity index (χ2v) is 3.02. The van der Waals surface area contributed by atoms with E-state index in [0.717, 1.165) is 12.0 Å². The smallest absolute Gasteiger partial charge is 0.124 e. The Morgan fingerprint density at radius 2 is 2.07 bits per heavy atom. The Balaban J connectivity index is 3.08. The van der Waals surface area contributed by atoms with Gasteiger partial charge in [-0.1, -0.05) is 6.92 Å². The molecule has 0 N–H and O–H groups in total. The molecule has 1 atom stereocenters. The van der Waals surface area contributed by atoms with E-state index in [1.807, 2.05) is 6.92 Å². The van der Waals surface area contributed by atoms with Gasteiger partial charge in [0.25, 0.3) is 0 Å². The lowest BCUT2D eigenvalue weighted by Gasteiger charge is -2.16. The first-order valence-electron chi connectivity index (χ1n) is 4.59. The zero-order chi connectivity index (χ0) is 10.6. The maximum atomic E-state index is 13.0. The molecule has 0 aromatic heterocycles. The average Bonchev–Trinajstić information content (AvgIpc) is 2.20. The first-order chi connectivity index (χ1) is 6.72. The first-order valence-corrected chi connectivity index (χ1v) is 4.59. The number of benzene rings is 1. The van der Waals surface area contributed by atoms with Crippen LogP contribution in [-0.2, 0) is 4.74 Å². The molecule has 0 unspecified atom stereocenters. The molecule has 0 saturated heterocycles. The van der Waals surface area contributed by atoms with Crippen LogP contribution in [0.3, 0.4) is 0 Å². The van der Waals surface area contributed by atoms with Crippen molar-refractivity contribution in [1.29, 1.82) is 0 Å². The Bertz CT molecular complexity index is 295. The van der Waals surface area contributed by atoms with E-state index in [0.29, 0.717) is 5.75 Å². The molecule has 0 saturated carbocycles. The zero-order valence-electron chi connectivity index (χ0n) is 8.71. The molecule has 78 valence electrons. The van der Waals surface area contributed by atoms with Gasteiger partial charge in [-0.15, -0.1) is 0 Å². The number of hydrogen-bond donors (Lipinski definition) is 0. The van der Waals surface area contributed by atoms with Gasteiger partial charge in [-0.2, -0.15) is 0 Å². The van der Waals surface area contributed by atoms with Crippen LogP contribution in [-0.4, -0.2) is 14.2 Å². The predicted molar refractivity (Wildman–Crippen MR) is 53.0 cm³/mol. The Hall–Kier alpha value is -1.09. The van der Waals surface area contributed by atoms with Gasteiger partial charge in [0.1, 0.15) is 11.6 Å². The van der Waals surface area contributed by atoms with E-state index in [-0.39, 0.29) is 11.9 Å². The Morgan fingerprint density at radius 1 is 1.36 bits per heavy atom. The molecule has 0 fully saturated rings. The van der Waals surface area contributed by atoms with Crippen molar-refractivity contribution >= 4 is 0 Å². The third-order valence-electron chi connectivity index (χ3n) is 2.19. The Morgan fingerprint density at radius 3 is 2.57 bits per heavy atom. The van der Waals surface area contributed by atoms with Gasteiger partial charge >= 0.3 is 0 Å². The van der Waals surface area contributed by atoms with Crippen LogP contribution in [0.25, 0.3) is 0 Å². The van der Waals surface area contributed by atoms with Crippen LogP contribution in [0.2, 0.25) is 0 Å². The van der Waals surface area contributed by atoms with Gasteiger partial charge < -0.3 is 9.47 Å². The fourth-order valence-electron chi connectivity index (χ4n) is 1.47. The van der Waals surface area contributed by atoms with E-state index >= 15 is 0 Å². The van der Waals surface area contributed by atoms with Crippen LogP contribution in [0.1, 0.15) is 25.0 Å². The van der Waals surface area contributed by atoms with Crippen molar-refractivity contribution in [1.82, 2.24) is 0 Å². The topological polar surface area (TPSA) is 18.5 Å². The van der Waals surface area contributed by atoms with Crippen LogP contribution in [0.5, 0.6) is 5.75 Å². The van der Waals surface area contributed by atoms with Crippen LogP contribution in [0, 0.1) is 5.82 Å². The second-order valence-electron chi connectivity index (χ2n) is 3.02. The van der Waals surface area contributed by atoms with Gasteiger partial charge in [0, 0.05) is 12.7 Å². The average molecular weight is 198 g/mol. The molecule has 1 aromatic rings. The van der Waals surface area contributed by atoms with Crippen molar-refractivity contribution in [2.45, 2.75) is 19.4 Å². The number of halogens is 1. The Labute approximate surface area is 83.6 Å². The summed E-state index contributed by atoms with van der Waals surface area (Å²) in [6, 6.07) is 4.45. The Kier molecular flexibility index (Phi) is 3.89. The second kappa shape index (κ2) is 4.96. The largest absolute Gasteiger partial charge is 0.496 e. The summed E-state index contributed by atoms with van der Waals surface area (Å²) < 4.78 is 23.4. The monoisotopic (exact) mass is 198 g/mol. The highest BCUT2D eigenvalue weighted by atomic mass is 19.1. The lowest BCUT2D eigenvalue weighted by Crippen LogP contribution is -2.03. The summed E-state index contributed by atoms with van der Waals surface area (Å²) in [5, 5.41) is 0. The van der Waals surface area contributed by atoms with Gasteiger partial charge in [0.05, 0.1) is 13.2 Å². The number of hydrogen-bond acceptors (Lipinski definition) is 2. The van der Waals surface area contributed by atoms with Gasteiger partial charge in [0.2, 0.25) is 0 Å². The molecule has 1 aromatic carbocycles. The number of ether oxygens (including phenoxy) is 2. The molecule has 0 spiro atoms. The summed E-state index contributed by atoms with van der Waals surface area (Å²) in [7, 11) is 3.18. The summed E-state index contributed by atoms with van der Waals surface area (Å²) in [5.41, 5.74) is 0.762. The quantitative estimate of drug-likeness (QED) is 0.740. The van der Waals surface area contributed by atoms with Crippen LogP contribution < -0.4 is 4.74 Å². The zero-order valence-corrected chi connectivity index (χ0v) is 8.71. The minimum absolute atomic E-state index is 0.111. The fourth-order valence-corrected chi connectivity index (χ4v) is 1.47. The van der Waals surface area contributed by atoms with Crippen molar-refractivity contribution < 1.29 is 13.9 Å². The highest BCUT2D eigenvalue weighted by Gasteiger charge is 2.14. The highest BCUT2D eigenvalue weighted by Crippen LogP contribution is 2.29. The molecule has 0 aliphatic heterocycles. The fraction of sp³-hybridized carbons (Fsp3) is 0.455.